The van der Waals surface area contributed by atoms with Crippen LogP contribution in [0, 0.1) is 11.7 Å². The molecule has 0 aliphatic carbocycles. The molecule has 3 heterocycles. The van der Waals surface area contributed by atoms with Crippen molar-refractivity contribution < 1.29 is 33.0 Å². The second-order valence-electron chi connectivity index (χ2n) is 13.9. The molecule has 2 aliphatic rings. The normalized spacial score (nSPS) is 19.2. The topological polar surface area (TPSA) is 101 Å². The van der Waals surface area contributed by atoms with Crippen LogP contribution in [0.25, 0.3) is 10.9 Å². The van der Waals surface area contributed by atoms with Crippen molar-refractivity contribution in [2.75, 3.05) is 33.3 Å². The van der Waals surface area contributed by atoms with E-state index >= 15 is 0 Å². The third-order valence-corrected chi connectivity index (χ3v) is 9.19. The predicted molar refractivity (Wildman–Crippen MR) is 176 cm³/mol. The molecule has 11 heteroatoms. The zero-order chi connectivity index (χ0) is 34.2. The molecule has 3 aromatic rings. The zero-order valence-electron chi connectivity index (χ0n) is 28.3. The molecule has 5 rings (SSSR count). The number of methoxy groups -OCH3 is 1. The molecule has 2 atom stereocenters. The summed E-state index contributed by atoms with van der Waals surface area (Å²) >= 11 is 0. The van der Waals surface area contributed by atoms with Gasteiger partial charge in [-0.25, -0.2) is 9.18 Å². The number of ketones is 1. The number of halogens is 1. The molecule has 0 bridgehead atoms. The van der Waals surface area contributed by atoms with Crippen molar-refractivity contribution in [1.82, 2.24) is 19.3 Å². The average molecular weight is 649 g/mol. The van der Waals surface area contributed by atoms with Gasteiger partial charge in [-0.2, -0.15) is 0 Å². The van der Waals surface area contributed by atoms with Gasteiger partial charge in [0.05, 0.1) is 23.8 Å². The molecule has 47 heavy (non-hydrogen) atoms. The van der Waals surface area contributed by atoms with Crippen LogP contribution in [0.15, 0.2) is 42.6 Å². The Hall–Kier alpha value is -4.41. The van der Waals surface area contributed by atoms with Gasteiger partial charge < -0.3 is 28.7 Å². The third-order valence-electron chi connectivity index (χ3n) is 9.19. The van der Waals surface area contributed by atoms with Crippen LogP contribution in [0.3, 0.4) is 0 Å². The molecule has 2 fully saturated rings. The summed E-state index contributed by atoms with van der Waals surface area (Å²) in [6.45, 7) is 10.6. The number of nitrogens with zero attached hydrogens (tertiary/aromatic N) is 4. The van der Waals surface area contributed by atoms with E-state index in [2.05, 4.69) is 0 Å². The van der Waals surface area contributed by atoms with E-state index in [1.807, 2.05) is 26.0 Å². The highest BCUT2D eigenvalue weighted by atomic mass is 19.1. The molecular formula is C36H45FN4O6. The number of hydrogen-bond acceptors (Lipinski definition) is 6. The lowest BCUT2D eigenvalue weighted by atomic mass is 9.90. The van der Waals surface area contributed by atoms with Crippen LogP contribution in [0.1, 0.15) is 73.7 Å². The highest BCUT2D eigenvalue weighted by Crippen LogP contribution is 2.32. The fourth-order valence-corrected chi connectivity index (χ4v) is 6.62. The first-order valence-electron chi connectivity index (χ1n) is 16.2. The number of carbonyl (C=O) groups is 4. The first-order valence-corrected chi connectivity index (χ1v) is 16.2. The summed E-state index contributed by atoms with van der Waals surface area (Å²) in [7, 11) is 3.28. The summed E-state index contributed by atoms with van der Waals surface area (Å²) < 4.78 is 26.3. The minimum atomic E-state index is -0.675. The highest BCUT2D eigenvalue weighted by molar-refractivity contribution is 6.45. The molecule has 2 saturated heterocycles. The Kier molecular flexibility index (Phi) is 9.65. The number of carbonyl (C=O) groups excluding carboxylic acids is 4. The summed E-state index contributed by atoms with van der Waals surface area (Å²) in [5.74, 6) is -1.01. The van der Waals surface area contributed by atoms with Crippen molar-refractivity contribution in [2.45, 2.75) is 71.6 Å². The smallest absolute Gasteiger partial charge is 0.410 e. The van der Waals surface area contributed by atoms with Crippen molar-refractivity contribution in [1.29, 1.82) is 0 Å². The van der Waals surface area contributed by atoms with Gasteiger partial charge in [0.25, 0.3) is 17.6 Å². The molecule has 0 N–H and O–H groups in total. The summed E-state index contributed by atoms with van der Waals surface area (Å²) in [6.07, 6.45) is 3.62. The number of hydrogen-bond donors (Lipinski definition) is 0. The Balaban J connectivity index is 1.33. The standard InChI is InChI=1S/C36H45FN4O6/c1-22-20-41(35(45)47-36(3,4)5)23(2)19-40(22)34(44)32(42)29-21-38(6)30-18-31(46-7)28(17-27(29)30)33(43)39-14-12-25(13-15-39)16-24-8-10-26(37)11-9-24/h8-11,17-18,21-23,25H,12-16,19-20H2,1-7H3. The monoisotopic (exact) mass is 648 g/mol. The maximum atomic E-state index is 13.8. The maximum Gasteiger partial charge on any atom is 0.410 e. The lowest BCUT2D eigenvalue weighted by Crippen LogP contribution is -2.61. The minimum absolute atomic E-state index is 0.185. The number of likely N-dealkylation sites (tertiary alicyclic amines) is 1. The molecule has 3 amide bonds. The van der Waals surface area contributed by atoms with Crippen LogP contribution in [-0.2, 0) is 23.0 Å². The van der Waals surface area contributed by atoms with Crippen molar-refractivity contribution in [3.63, 3.8) is 0 Å². The quantitative estimate of drug-likeness (QED) is 0.260. The zero-order valence-corrected chi connectivity index (χ0v) is 28.3. The van der Waals surface area contributed by atoms with Gasteiger partial charge in [-0.1, -0.05) is 12.1 Å². The van der Waals surface area contributed by atoms with Crippen LogP contribution in [0.2, 0.25) is 0 Å². The molecule has 0 saturated carbocycles. The number of benzene rings is 2. The lowest BCUT2D eigenvalue weighted by Gasteiger charge is -2.43. The lowest BCUT2D eigenvalue weighted by molar-refractivity contribution is -0.132. The number of piperazine rings is 1. The first-order chi connectivity index (χ1) is 22.2. The van der Waals surface area contributed by atoms with Crippen LogP contribution in [0.4, 0.5) is 9.18 Å². The van der Waals surface area contributed by atoms with Gasteiger partial charge in [0, 0.05) is 63.0 Å². The van der Waals surface area contributed by atoms with Gasteiger partial charge in [-0.15, -0.1) is 0 Å². The fourth-order valence-electron chi connectivity index (χ4n) is 6.62. The van der Waals surface area contributed by atoms with Gasteiger partial charge in [-0.05, 0) is 83.6 Å². The summed E-state index contributed by atoms with van der Waals surface area (Å²) in [5.41, 5.74) is 1.62. The largest absolute Gasteiger partial charge is 0.496 e. The number of amides is 3. The van der Waals surface area contributed by atoms with E-state index in [0.717, 1.165) is 24.8 Å². The van der Waals surface area contributed by atoms with E-state index in [1.165, 1.54) is 24.1 Å². The molecule has 0 radical (unpaired) electrons. The summed E-state index contributed by atoms with van der Waals surface area (Å²) in [4.78, 5) is 59.0. The Bertz CT molecular complexity index is 1670. The van der Waals surface area contributed by atoms with Crippen molar-refractivity contribution in [3.8, 4) is 5.75 Å². The van der Waals surface area contributed by atoms with E-state index in [0.29, 0.717) is 41.2 Å². The fraction of sp³-hybridized carbons (Fsp3) is 0.500. The number of aromatic nitrogens is 1. The van der Waals surface area contributed by atoms with E-state index in [-0.39, 0.29) is 36.4 Å². The van der Waals surface area contributed by atoms with Crippen molar-refractivity contribution in [2.24, 2.45) is 13.0 Å². The number of rotatable bonds is 6. The Morgan fingerprint density at radius 2 is 1.53 bits per heavy atom. The third kappa shape index (κ3) is 7.29. The number of Topliss-reactive ketones (excluding diaryl/α,β-unsaturated/α-hetero) is 1. The Morgan fingerprint density at radius 3 is 2.15 bits per heavy atom. The van der Waals surface area contributed by atoms with Crippen LogP contribution in [-0.4, -0.2) is 93.9 Å². The average Bonchev–Trinajstić information content (AvgIpc) is 3.35. The van der Waals surface area contributed by atoms with Crippen LogP contribution >= 0.6 is 0 Å². The van der Waals surface area contributed by atoms with E-state index in [9.17, 15) is 23.6 Å². The SMILES string of the molecule is COc1cc2c(cc1C(=O)N1CCC(Cc3ccc(F)cc3)CC1)c(C(=O)C(=O)N1CC(C)N(C(=O)OC(C)(C)C)CC1C)cn2C. The van der Waals surface area contributed by atoms with Crippen molar-refractivity contribution >= 4 is 34.6 Å². The molecular weight excluding hydrogens is 603 g/mol. The Labute approximate surface area is 275 Å². The van der Waals surface area contributed by atoms with Gasteiger partial charge in [0.15, 0.2) is 0 Å². The Morgan fingerprint density at radius 1 is 0.915 bits per heavy atom. The van der Waals surface area contributed by atoms with E-state index in [4.69, 9.17) is 9.47 Å². The van der Waals surface area contributed by atoms with Crippen molar-refractivity contribution in [3.05, 3.63) is 65.1 Å². The maximum absolute atomic E-state index is 13.8. The van der Waals surface area contributed by atoms with Gasteiger partial charge in [0.1, 0.15) is 17.2 Å². The second kappa shape index (κ2) is 13.4. The number of ether oxygens (including phenoxy) is 2. The second-order valence-corrected chi connectivity index (χ2v) is 13.9. The molecule has 2 aliphatic heterocycles. The number of fused-ring (bicyclic) bond motifs is 1. The molecule has 252 valence electrons. The van der Waals surface area contributed by atoms with E-state index in [1.54, 1.807) is 60.5 Å². The molecule has 0 spiro atoms. The molecule has 1 aromatic heterocycles. The first kappa shape index (κ1) is 33.9. The summed E-state index contributed by atoms with van der Waals surface area (Å²) in [6, 6.07) is 9.19. The predicted octanol–water partition coefficient (Wildman–Crippen LogP) is 5.46. The number of piperidine rings is 1. The molecule has 10 nitrogen and oxygen atoms in total. The van der Waals surface area contributed by atoms with Gasteiger partial charge in [-0.3, -0.25) is 14.4 Å². The van der Waals surface area contributed by atoms with Crippen LogP contribution in [0.5, 0.6) is 5.75 Å². The van der Waals surface area contributed by atoms with Crippen LogP contribution < -0.4 is 4.74 Å². The summed E-state index contributed by atoms with van der Waals surface area (Å²) in [5, 5.41) is 0.495. The molecule has 2 unspecified atom stereocenters. The highest BCUT2D eigenvalue weighted by Gasteiger charge is 2.39. The van der Waals surface area contributed by atoms with Gasteiger partial charge in [0.2, 0.25) is 0 Å². The van der Waals surface area contributed by atoms with E-state index < -0.39 is 29.4 Å². The van der Waals surface area contributed by atoms with Gasteiger partial charge >= 0.3 is 6.09 Å². The molecule has 2 aromatic carbocycles. The number of aryl methyl sites for hydroxylation is 1. The minimum Gasteiger partial charge on any atom is -0.496 e.